The van der Waals surface area contributed by atoms with Crippen LogP contribution >= 0.6 is 23.4 Å². The molecule has 1 saturated heterocycles. The van der Waals surface area contributed by atoms with Crippen LogP contribution in [0.25, 0.3) is 17.1 Å². The number of carbonyl (C=O) groups excluding carboxylic acids is 2. The highest BCUT2D eigenvalue weighted by Crippen LogP contribution is 2.35. The first-order chi connectivity index (χ1) is 16.7. The third-order valence-electron chi connectivity index (χ3n) is 5.18. The second-order valence-electron chi connectivity index (χ2n) is 7.49. The number of nitrogens with zero attached hydrogens (tertiary/aromatic N) is 6. The van der Waals surface area contributed by atoms with E-state index in [-0.39, 0.29) is 28.6 Å². The van der Waals surface area contributed by atoms with Crippen LogP contribution < -0.4 is 0 Å². The van der Waals surface area contributed by atoms with Gasteiger partial charge < -0.3 is 0 Å². The summed E-state index contributed by atoms with van der Waals surface area (Å²) in [7, 11) is 0. The summed E-state index contributed by atoms with van der Waals surface area (Å²) < 4.78 is 41.7. The van der Waals surface area contributed by atoms with E-state index in [2.05, 4.69) is 25.5 Å². The summed E-state index contributed by atoms with van der Waals surface area (Å²) in [5.74, 6) is -0.0940. The van der Waals surface area contributed by atoms with Gasteiger partial charge in [-0.2, -0.15) is 18.3 Å². The zero-order valence-electron chi connectivity index (χ0n) is 17.5. The van der Waals surface area contributed by atoms with E-state index >= 15 is 0 Å². The lowest BCUT2D eigenvalue weighted by atomic mass is 10.1. The number of thioether (sulfide) groups is 1. The zero-order chi connectivity index (χ0) is 24.7. The summed E-state index contributed by atoms with van der Waals surface area (Å²) >= 11 is 6.55. The number of alkyl halides is 3. The van der Waals surface area contributed by atoms with Gasteiger partial charge in [0.25, 0.3) is 11.1 Å². The smallest absolute Gasteiger partial charge is 0.268 e. The molecule has 35 heavy (non-hydrogen) atoms. The number of nitrogens with one attached hydrogen (secondary N) is 1. The van der Waals surface area contributed by atoms with E-state index in [1.165, 1.54) is 23.1 Å². The summed E-state index contributed by atoms with van der Waals surface area (Å²) in [4.78, 5) is 30.1. The summed E-state index contributed by atoms with van der Waals surface area (Å²) in [6.45, 7) is -0.192. The van der Waals surface area contributed by atoms with Gasteiger partial charge in [0.2, 0.25) is 0 Å². The lowest BCUT2D eigenvalue weighted by molar-refractivity contribution is -0.138. The van der Waals surface area contributed by atoms with E-state index in [0.717, 1.165) is 22.7 Å². The molecule has 4 aromatic rings. The fourth-order valence-corrected chi connectivity index (χ4v) is 4.56. The first kappa shape index (κ1) is 23.1. The zero-order valence-corrected chi connectivity index (χ0v) is 19.0. The molecule has 2 amide bonds. The van der Waals surface area contributed by atoms with Crippen molar-refractivity contribution in [1.82, 2.24) is 35.1 Å². The van der Waals surface area contributed by atoms with E-state index in [9.17, 15) is 22.8 Å². The van der Waals surface area contributed by atoms with Crippen LogP contribution in [0.3, 0.4) is 0 Å². The van der Waals surface area contributed by atoms with Gasteiger partial charge >= 0.3 is 6.18 Å². The fourth-order valence-electron chi connectivity index (χ4n) is 3.55. The maximum absolute atomic E-state index is 13.4. The molecule has 9 nitrogen and oxygen atoms in total. The first-order valence-corrected chi connectivity index (χ1v) is 11.2. The Labute approximate surface area is 204 Å². The third-order valence-corrected chi connectivity index (χ3v) is 6.32. The molecular weight excluding hydrogens is 507 g/mol. The number of fused-ring (bicyclic) bond motifs is 1. The maximum atomic E-state index is 13.4. The Kier molecular flexibility index (Phi) is 5.81. The second kappa shape index (κ2) is 8.82. The average Bonchev–Trinajstić information content (AvgIpc) is 3.52. The summed E-state index contributed by atoms with van der Waals surface area (Å²) in [5.41, 5.74) is 0.660. The molecule has 1 aliphatic heterocycles. The van der Waals surface area contributed by atoms with Crippen molar-refractivity contribution in [3.8, 4) is 0 Å². The molecule has 0 spiro atoms. The SMILES string of the molecule is O=C1S/C(=C\c2ccc3c(c2)nnn3Cc2ccc(Cl)cc2C(F)(F)F)C(=O)N1Cc1ncn[nH]1. The number of H-pyrrole nitrogens is 1. The van der Waals surface area contributed by atoms with Gasteiger partial charge in [0.1, 0.15) is 17.7 Å². The first-order valence-electron chi connectivity index (χ1n) is 9.97. The van der Waals surface area contributed by atoms with Crippen molar-refractivity contribution in [2.75, 3.05) is 0 Å². The van der Waals surface area contributed by atoms with Crippen molar-refractivity contribution < 1.29 is 22.8 Å². The van der Waals surface area contributed by atoms with Crippen LogP contribution in [0.5, 0.6) is 0 Å². The minimum Gasteiger partial charge on any atom is -0.268 e. The Hall–Kier alpha value is -3.71. The highest BCUT2D eigenvalue weighted by Gasteiger charge is 2.36. The van der Waals surface area contributed by atoms with Crippen molar-refractivity contribution >= 4 is 51.6 Å². The molecule has 0 aliphatic carbocycles. The van der Waals surface area contributed by atoms with Gasteiger partial charge in [-0.1, -0.05) is 28.9 Å². The molecule has 1 fully saturated rings. The molecule has 5 rings (SSSR count). The predicted molar refractivity (Wildman–Crippen MR) is 121 cm³/mol. The van der Waals surface area contributed by atoms with Gasteiger partial charge in [-0.25, -0.2) is 9.67 Å². The molecule has 2 aromatic heterocycles. The van der Waals surface area contributed by atoms with Gasteiger partial charge in [-0.05, 0) is 53.2 Å². The average molecular weight is 520 g/mol. The van der Waals surface area contributed by atoms with Crippen LogP contribution in [0.15, 0.2) is 47.6 Å². The largest absolute Gasteiger partial charge is 0.416 e. The highest BCUT2D eigenvalue weighted by atomic mass is 35.5. The summed E-state index contributed by atoms with van der Waals surface area (Å²) in [6, 6.07) is 8.52. The van der Waals surface area contributed by atoms with Crippen molar-refractivity contribution in [1.29, 1.82) is 0 Å². The standard InChI is InChI=1S/C21H13ClF3N7O2S/c22-13-3-2-12(14(7-13)21(23,24)25)8-32-16-4-1-11(5-15(16)28-30-32)6-17-19(33)31(20(34)35-17)9-18-26-10-27-29-18/h1-7,10H,8-9H2,(H,26,27,29)/b17-6-. The fraction of sp³-hybridized carbons (Fsp3) is 0.143. The lowest BCUT2D eigenvalue weighted by Crippen LogP contribution is -2.28. The van der Waals surface area contributed by atoms with Crippen molar-refractivity contribution in [2.24, 2.45) is 0 Å². The third kappa shape index (κ3) is 4.64. The minimum absolute atomic E-state index is 0.00166. The Balaban J connectivity index is 1.40. The summed E-state index contributed by atoms with van der Waals surface area (Å²) in [5, 5.41) is 13.9. The number of rotatable bonds is 5. The van der Waals surface area contributed by atoms with Gasteiger partial charge in [0.15, 0.2) is 0 Å². The molecule has 0 bridgehead atoms. The molecular formula is C21H13ClF3N7O2S. The second-order valence-corrected chi connectivity index (χ2v) is 8.92. The molecule has 0 unspecified atom stereocenters. The van der Waals surface area contributed by atoms with Crippen molar-refractivity contribution in [2.45, 2.75) is 19.3 Å². The molecule has 0 atom stereocenters. The van der Waals surface area contributed by atoms with E-state index < -0.39 is 22.9 Å². The Morgan fingerprint density at radius 3 is 2.69 bits per heavy atom. The highest BCUT2D eigenvalue weighted by molar-refractivity contribution is 8.18. The molecule has 14 heteroatoms. The number of aromatic nitrogens is 6. The van der Waals surface area contributed by atoms with E-state index in [4.69, 9.17) is 11.6 Å². The molecule has 0 radical (unpaired) electrons. The minimum atomic E-state index is -4.57. The topological polar surface area (TPSA) is 110 Å². The molecule has 3 heterocycles. The van der Waals surface area contributed by atoms with Gasteiger partial charge in [-0.3, -0.25) is 19.6 Å². The van der Waals surface area contributed by atoms with Crippen LogP contribution in [0, 0.1) is 0 Å². The predicted octanol–water partition coefficient (Wildman–Crippen LogP) is 4.51. The Morgan fingerprint density at radius 2 is 1.94 bits per heavy atom. The van der Waals surface area contributed by atoms with Gasteiger partial charge in [-0.15, -0.1) is 5.10 Å². The van der Waals surface area contributed by atoms with E-state index in [0.29, 0.717) is 22.4 Å². The van der Waals surface area contributed by atoms with Crippen LogP contribution in [-0.2, 0) is 24.1 Å². The molecule has 1 aliphatic rings. The number of halogens is 4. The van der Waals surface area contributed by atoms with Crippen molar-refractivity contribution in [3.05, 3.63) is 75.2 Å². The van der Waals surface area contributed by atoms with E-state index in [1.807, 2.05) is 0 Å². The monoisotopic (exact) mass is 519 g/mol. The lowest BCUT2D eigenvalue weighted by Gasteiger charge is -2.13. The molecule has 178 valence electrons. The van der Waals surface area contributed by atoms with Gasteiger partial charge in [0.05, 0.1) is 29.1 Å². The number of aromatic amines is 1. The molecule has 2 aromatic carbocycles. The number of amides is 2. The number of carbonyl (C=O) groups is 2. The van der Waals surface area contributed by atoms with Crippen molar-refractivity contribution in [3.63, 3.8) is 0 Å². The van der Waals surface area contributed by atoms with Crippen LogP contribution in [0.1, 0.15) is 22.5 Å². The quantitative estimate of drug-likeness (QED) is 0.386. The summed E-state index contributed by atoms with van der Waals surface area (Å²) in [6.07, 6.45) is -1.74. The van der Waals surface area contributed by atoms with E-state index in [1.54, 1.807) is 24.3 Å². The number of imide groups is 1. The molecule has 1 N–H and O–H groups in total. The van der Waals surface area contributed by atoms with Crippen LogP contribution in [0.2, 0.25) is 5.02 Å². The normalized spacial score (nSPS) is 15.7. The molecule has 0 saturated carbocycles. The van der Waals surface area contributed by atoms with Crippen LogP contribution in [-0.4, -0.2) is 46.2 Å². The number of hydrogen-bond acceptors (Lipinski definition) is 7. The van der Waals surface area contributed by atoms with Crippen LogP contribution in [0.4, 0.5) is 18.0 Å². The number of hydrogen-bond donors (Lipinski definition) is 1. The Morgan fingerprint density at radius 1 is 1.11 bits per heavy atom. The van der Waals surface area contributed by atoms with Gasteiger partial charge in [0, 0.05) is 5.02 Å². The Bertz CT molecular complexity index is 1480. The maximum Gasteiger partial charge on any atom is 0.416 e. The number of benzene rings is 2.